The molecule has 1 fully saturated rings. The minimum atomic E-state index is -4.36. The van der Waals surface area contributed by atoms with Crippen LogP contribution in [0.25, 0.3) is 0 Å². The summed E-state index contributed by atoms with van der Waals surface area (Å²) in [6.45, 7) is 5.42. The fourth-order valence-corrected chi connectivity index (χ4v) is 3.54. The molecule has 0 aromatic heterocycles. The molecule has 1 aliphatic heterocycles. The molecule has 1 atom stereocenters. The summed E-state index contributed by atoms with van der Waals surface area (Å²) in [5.74, 6) is -0.351. The van der Waals surface area contributed by atoms with Crippen LogP contribution in [0.2, 0.25) is 0 Å². The third-order valence-electron chi connectivity index (χ3n) is 4.85. The number of rotatable bonds is 7. The molecule has 0 aliphatic carbocycles. The molecule has 1 aliphatic rings. The number of carbonyl (C=O) groups is 1. The van der Waals surface area contributed by atoms with Gasteiger partial charge in [-0.15, -0.1) is 0 Å². The van der Waals surface area contributed by atoms with Gasteiger partial charge in [-0.25, -0.2) is 5.01 Å². The van der Waals surface area contributed by atoms with Crippen LogP contribution in [-0.2, 0) is 17.6 Å². The fourth-order valence-electron chi connectivity index (χ4n) is 3.54. The quantitative estimate of drug-likeness (QED) is 0.734. The van der Waals surface area contributed by atoms with Crippen molar-refractivity contribution in [2.45, 2.75) is 77.1 Å². The second-order valence-electron chi connectivity index (χ2n) is 7.32. The molecule has 1 amide bonds. The van der Waals surface area contributed by atoms with Crippen molar-refractivity contribution >= 4 is 5.91 Å². The summed E-state index contributed by atoms with van der Waals surface area (Å²) in [5.41, 5.74) is 4.04. The number of alkyl halides is 3. The van der Waals surface area contributed by atoms with Crippen molar-refractivity contribution < 1.29 is 18.0 Å². The molecule has 2 rings (SSSR count). The van der Waals surface area contributed by atoms with E-state index in [4.69, 9.17) is 0 Å². The molecular weight excluding hydrogens is 329 g/mol. The van der Waals surface area contributed by atoms with Gasteiger partial charge in [0, 0.05) is 12.0 Å². The third-order valence-corrected chi connectivity index (χ3v) is 4.85. The Kier molecular flexibility index (Phi) is 6.14. The van der Waals surface area contributed by atoms with Gasteiger partial charge in [0.05, 0.1) is 0 Å². The highest BCUT2D eigenvalue weighted by molar-refractivity contribution is 5.78. The zero-order valence-corrected chi connectivity index (χ0v) is 15.1. The van der Waals surface area contributed by atoms with Gasteiger partial charge in [0.1, 0.15) is 6.04 Å². The molecule has 1 aromatic rings. The minimum Gasteiger partial charge on any atom is -0.288 e. The topological polar surface area (TPSA) is 32.3 Å². The van der Waals surface area contributed by atoms with Gasteiger partial charge in [-0.05, 0) is 50.7 Å². The number of unbranched alkanes of at least 4 members (excludes halogenated alkanes) is 1. The number of benzene rings is 1. The molecular formula is C19H27F3N2O. The van der Waals surface area contributed by atoms with Crippen LogP contribution in [0.4, 0.5) is 13.2 Å². The molecule has 0 bridgehead atoms. The van der Waals surface area contributed by atoms with Crippen LogP contribution in [0.15, 0.2) is 24.3 Å². The summed E-state index contributed by atoms with van der Waals surface area (Å²) in [6.07, 6.45) is -1.42. The Hall–Kier alpha value is -1.56. The van der Waals surface area contributed by atoms with Gasteiger partial charge in [-0.2, -0.15) is 13.2 Å². The van der Waals surface area contributed by atoms with Crippen molar-refractivity contribution in [3.63, 3.8) is 0 Å². The lowest BCUT2D eigenvalue weighted by molar-refractivity contribution is -0.202. The van der Waals surface area contributed by atoms with Gasteiger partial charge in [0.25, 0.3) is 0 Å². The maximum Gasteiger partial charge on any atom is 0.405 e. The van der Waals surface area contributed by atoms with E-state index in [2.05, 4.69) is 18.4 Å². The number of aryl methyl sites for hydroxylation is 2. The van der Waals surface area contributed by atoms with Crippen LogP contribution in [0.3, 0.4) is 0 Å². The first-order valence-corrected chi connectivity index (χ1v) is 8.87. The highest BCUT2D eigenvalue weighted by atomic mass is 19.4. The lowest BCUT2D eigenvalue weighted by Gasteiger charge is -2.37. The van der Waals surface area contributed by atoms with Crippen molar-refractivity contribution in [1.29, 1.82) is 0 Å². The van der Waals surface area contributed by atoms with Gasteiger partial charge in [0.2, 0.25) is 5.91 Å². The summed E-state index contributed by atoms with van der Waals surface area (Å²) >= 11 is 0. The van der Waals surface area contributed by atoms with Crippen LogP contribution < -0.4 is 5.43 Å². The van der Waals surface area contributed by atoms with Gasteiger partial charge in [-0.1, -0.05) is 37.6 Å². The average Bonchev–Trinajstić information content (AvgIpc) is 2.78. The average molecular weight is 356 g/mol. The number of hydrazine groups is 1. The van der Waals surface area contributed by atoms with Crippen LogP contribution in [0.1, 0.15) is 57.6 Å². The molecule has 3 nitrogen and oxygen atoms in total. The maximum atomic E-state index is 13.5. The zero-order valence-electron chi connectivity index (χ0n) is 15.1. The van der Waals surface area contributed by atoms with E-state index >= 15 is 0 Å². The van der Waals surface area contributed by atoms with Crippen molar-refractivity contribution in [3.8, 4) is 0 Å². The Balaban J connectivity index is 1.96. The molecule has 1 heterocycles. The fraction of sp³-hybridized carbons (Fsp3) is 0.632. The summed E-state index contributed by atoms with van der Waals surface area (Å²) in [5, 5.41) is 1.11. The zero-order chi connectivity index (χ0) is 18.7. The first kappa shape index (κ1) is 19.8. The van der Waals surface area contributed by atoms with Crippen molar-refractivity contribution in [2.75, 3.05) is 0 Å². The molecule has 25 heavy (non-hydrogen) atoms. The highest BCUT2D eigenvalue weighted by Gasteiger charge is 2.51. The van der Waals surface area contributed by atoms with Crippen LogP contribution in [0.5, 0.6) is 0 Å². The SMILES string of the molecule is CCc1ccccc1CCCC[C@H](N1NC(=O)CC1(C)C)C(F)(F)F. The molecule has 0 radical (unpaired) electrons. The predicted octanol–water partition coefficient (Wildman–Crippen LogP) is 4.41. The van der Waals surface area contributed by atoms with Gasteiger partial charge < -0.3 is 0 Å². The Bertz CT molecular complexity index is 599. The lowest BCUT2D eigenvalue weighted by Crippen LogP contribution is -2.56. The second-order valence-corrected chi connectivity index (χ2v) is 7.32. The van der Waals surface area contributed by atoms with Crippen molar-refractivity contribution in [2.24, 2.45) is 0 Å². The molecule has 140 valence electrons. The molecule has 0 unspecified atom stereocenters. The van der Waals surface area contributed by atoms with Crippen LogP contribution >= 0.6 is 0 Å². The van der Waals surface area contributed by atoms with Crippen LogP contribution in [-0.4, -0.2) is 28.7 Å². The standard InChI is InChI=1S/C19H27F3N2O/c1-4-14-9-5-6-10-15(14)11-7-8-12-16(19(20,21)22)24-18(2,3)13-17(25)23-24/h5-6,9-10,16H,4,7-8,11-13H2,1-3H3,(H,23,25)/t16-/m0/s1. The van der Waals surface area contributed by atoms with Gasteiger partial charge >= 0.3 is 6.18 Å². The third kappa shape index (κ3) is 4.97. The highest BCUT2D eigenvalue weighted by Crippen LogP contribution is 2.35. The Morgan fingerprint density at radius 2 is 1.84 bits per heavy atom. The molecule has 0 spiro atoms. The van der Waals surface area contributed by atoms with E-state index in [1.165, 1.54) is 11.1 Å². The largest absolute Gasteiger partial charge is 0.405 e. The summed E-state index contributed by atoms with van der Waals surface area (Å²) < 4.78 is 40.6. The number of halogens is 3. The Labute approximate surface area is 147 Å². The number of nitrogens with one attached hydrogen (secondary N) is 1. The van der Waals surface area contributed by atoms with E-state index < -0.39 is 17.8 Å². The maximum absolute atomic E-state index is 13.5. The van der Waals surface area contributed by atoms with E-state index in [9.17, 15) is 18.0 Å². The second kappa shape index (κ2) is 7.77. The van der Waals surface area contributed by atoms with E-state index in [1.54, 1.807) is 13.8 Å². The van der Waals surface area contributed by atoms with Crippen molar-refractivity contribution in [3.05, 3.63) is 35.4 Å². The lowest BCUT2D eigenvalue weighted by atomic mass is 9.96. The first-order chi connectivity index (χ1) is 11.6. The summed E-state index contributed by atoms with van der Waals surface area (Å²) in [7, 11) is 0. The Morgan fingerprint density at radius 3 is 2.36 bits per heavy atom. The van der Waals surface area contributed by atoms with E-state index in [0.29, 0.717) is 12.8 Å². The molecule has 1 aromatic carbocycles. The van der Waals surface area contributed by atoms with E-state index in [0.717, 1.165) is 17.9 Å². The van der Waals surface area contributed by atoms with Crippen molar-refractivity contribution in [1.82, 2.24) is 10.4 Å². The first-order valence-electron chi connectivity index (χ1n) is 8.87. The van der Waals surface area contributed by atoms with E-state index in [-0.39, 0.29) is 18.7 Å². The monoisotopic (exact) mass is 356 g/mol. The number of carbonyl (C=O) groups excluding carboxylic acids is 1. The van der Waals surface area contributed by atoms with Gasteiger partial charge in [0.15, 0.2) is 0 Å². The normalized spacial score (nSPS) is 19.0. The number of hydrogen-bond acceptors (Lipinski definition) is 2. The number of nitrogens with zero attached hydrogens (tertiary/aromatic N) is 1. The van der Waals surface area contributed by atoms with Crippen LogP contribution in [0, 0.1) is 0 Å². The molecule has 1 saturated heterocycles. The number of hydrogen-bond donors (Lipinski definition) is 1. The molecule has 1 N–H and O–H groups in total. The predicted molar refractivity (Wildman–Crippen MR) is 91.9 cm³/mol. The van der Waals surface area contributed by atoms with Gasteiger partial charge in [-0.3, -0.25) is 10.2 Å². The summed E-state index contributed by atoms with van der Waals surface area (Å²) in [6, 6.07) is 6.42. The minimum absolute atomic E-state index is 0.0124. The summed E-state index contributed by atoms with van der Waals surface area (Å²) in [4.78, 5) is 11.6. The number of amides is 1. The Morgan fingerprint density at radius 1 is 1.20 bits per heavy atom. The molecule has 0 saturated carbocycles. The molecule has 6 heteroatoms. The van der Waals surface area contributed by atoms with E-state index in [1.807, 2.05) is 18.2 Å². The smallest absolute Gasteiger partial charge is 0.288 e.